The monoisotopic (exact) mass is 312 g/mol. The number of nitrogens with zero attached hydrogens (tertiary/aromatic N) is 1. The van der Waals surface area contributed by atoms with Crippen molar-refractivity contribution in [1.82, 2.24) is 10.3 Å². The number of hydrogen-bond donors (Lipinski definition) is 2. The van der Waals surface area contributed by atoms with Gasteiger partial charge in [-0.1, -0.05) is 6.07 Å². The lowest BCUT2D eigenvalue weighted by molar-refractivity contribution is -0.142. The Hall–Kier alpha value is -2.22. The molecule has 0 aromatic carbocycles. The van der Waals surface area contributed by atoms with Gasteiger partial charge in [0.05, 0.1) is 17.0 Å². The number of hydrogen-bond acceptors (Lipinski definition) is 5. The van der Waals surface area contributed by atoms with Crippen molar-refractivity contribution in [2.75, 3.05) is 6.67 Å². The third-order valence-corrected chi connectivity index (χ3v) is 3.60. The number of rotatable bonds is 6. The Balaban J connectivity index is 2.06. The number of thiophene rings is 1. The first-order chi connectivity index (χ1) is 10.0. The molecule has 1 amide bonds. The minimum atomic E-state index is -1.54. The topological polar surface area (TPSA) is 92.4 Å². The van der Waals surface area contributed by atoms with Gasteiger partial charge in [-0.3, -0.25) is 4.79 Å². The maximum atomic E-state index is 12.4. The van der Waals surface area contributed by atoms with E-state index in [-0.39, 0.29) is 6.42 Å². The molecule has 0 radical (unpaired) electrons. The summed E-state index contributed by atoms with van der Waals surface area (Å²) < 4.78 is 17.9. The van der Waals surface area contributed by atoms with Gasteiger partial charge in [0.25, 0.3) is 0 Å². The highest BCUT2D eigenvalue weighted by atomic mass is 32.1. The van der Waals surface area contributed by atoms with Crippen LogP contribution in [-0.2, 0) is 16.0 Å². The average Bonchev–Trinajstić information content (AvgIpc) is 3.06. The van der Waals surface area contributed by atoms with Crippen molar-refractivity contribution in [3.63, 3.8) is 0 Å². The lowest BCUT2D eigenvalue weighted by Crippen LogP contribution is -2.43. The quantitative estimate of drug-likeness (QED) is 0.848. The molecule has 2 heterocycles. The third-order valence-electron chi connectivity index (χ3n) is 2.74. The molecular formula is C13H13FN2O4S. The van der Waals surface area contributed by atoms with Gasteiger partial charge >= 0.3 is 5.97 Å². The fourth-order valence-corrected chi connectivity index (χ4v) is 2.31. The summed E-state index contributed by atoms with van der Waals surface area (Å²) in [6.07, 6.45) is -0.162. The zero-order valence-corrected chi connectivity index (χ0v) is 11.9. The lowest BCUT2D eigenvalue weighted by Gasteiger charge is -2.09. The van der Waals surface area contributed by atoms with Crippen molar-refractivity contribution in [2.24, 2.45) is 0 Å². The minimum absolute atomic E-state index is 0.162. The molecule has 1 unspecified atom stereocenters. The number of carbonyl (C=O) groups excluding carboxylic acids is 1. The number of nitrogens with one attached hydrogen (secondary N) is 1. The van der Waals surface area contributed by atoms with Crippen LogP contribution >= 0.6 is 11.3 Å². The van der Waals surface area contributed by atoms with Gasteiger partial charge in [0.1, 0.15) is 12.4 Å². The molecule has 2 aromatic heterocycles. The maximum Gasteiger partial charge on any atom is 0.328 e. The number of alkyl halides is 1. The molecule has 0 aliphatic heterocycles. The van der Waals surface area contributed by atoms with Gasteiger partial charge in [-0.2, -0.15) is 0 Å². The Morgan fingerprint density at radius 3 is 2.90 bits per heavy atom. The van der Waals surface area contributed by atoms with Crippen LogP contribution in [0.1, 0.15) is 11.5 Å². The molecule has 2 rings (SSSR count). The number of aliphatic carboxylic acids is 1. The van der Waals surface area contributed by atoms with E-state index in [1.165, 1.54) is 11.3 Å². The fourth-order valence-electron chi connectivity index (χ4n) is 1.66. The van der Waals surface area contributed by atoms with E-state index in [1.54, 1.807) is 6.92 Å². The van der Waals surface area contributed by atoms with Crippen LogP contribution in [0.4, 0.5) is 4.39 Å². The van der Waals surface area contributed by atoms with Crippen LogP contribution in [0.5, 0.6) is 0 Å². The highest BCUT2D eigenvalue weighted by Gasteiger charge is 2.21. The average molecular weight is 312 g/mol. The smallest absolute Gasteiger partial charge is 0.328 e. The third kappa shape index (κ3) is 3.66. The van der Waals surface area contributed by atoms with Crippen LogP contribution in [0.2, 0.25) is 0 Å². The lowest BCUT2D eigenvalue weighted by atomic mass is 10.2. The van der Waals surface area contributed by atoms with Crippen LogP contribution in [-0.4, -0.2) is 34.7 Å². The number of aryl methyl sites for hydroxylation is 1. The molecule has 1 atom stereocenters. The van der Waals surface area contributed by atoms with E-state index >= 15 is 0 Å². The summed E-state index contributed by atoms with van der Waals surface area (Å²) >= 11 is 1.45. The predicted octanol–water partition coefficient (Wildman–Crippen LogP) is 1.79. The first kappa shape index (κ1) is 15.2. The number of oxazole rings is 1. The molecule has 6 nitrogen and oxygen atoms in total. The van der Waals surface area contributed by atoms with Gasteiger partial charge in [-0.05, 0) is 18.4 Å². The molecule has 8 heteroatoms. The van der Waals surface area contributed by atoms with Crippen molar-refractivity contribution >= 4 is 23.2 Å². The van der Waals surface area contributed by atoms with Crippen molar-refractivity contribution in [1.29, 1.82) is 0 Å². The number of amides is 1. The summed E-state index contributed by atoms with van der Waals surface area (Å²) in [5.41, 5.74) is 0.402. The van der Waals surface area contributed by atoms with E-state index in [0.29, 0.717) is 17.3 Å². The first-order valence-electron chi connectivity index (χ1n) is 6.09. The molecule has 0 saturated heterocycles. The van der Waals surface area contributed by atoms with Gasteiger partial charge in [0, 0.05) is 0 Å². The SMILES string of the molecule is Cc1oc(-c2cccs2)nc1CC(=O)NC(CF)C(=O)O. The zero-order valence-electron chi connectivity index (χ0n) is 11.1. The summed E-state index contributed by atoms with van der Waals surface area (Å²) in [5, 5.41) is 12.7. The van der Waals surface area contributed by atoms with Gasteiger partial charge in [-0.25, -0.2) is 14.2 Å². The van der Waals surface area contributed by atoms with E-state index in [1.807, 2.05) is 17.5 Å². The Morgan fingerprint density at radius 1 is 1.57 bits per heavy atom. The predicted molar refractivity (Wildman–Crippen MR) is 73.8 cm³/mol. The second-order valence-electron chi connectivity index (χ2n) is 4.29. The van der Waals surface area contributed by atoms with Crippen molar-refractivity contribution in [3.05, 3.63) is 29.0 Å². The highest BCUT2D eigenvalue weighted by molar-refractivity contribution is 7.13. The van der Waals surface area contributed by atoms with E-state index < -0.39 is 24.6 Å². The molecule has 2 aromatic rings. The fraction of sp³-hybridized carbons (Fsp3) is 0.308. The van der Waals surface area contributed by atoms with Crippen LogP contribution in [0.3, 0.4) is 0 Å². The second-order valence-corrected chi connectivity index (χ2v) is 5.24. The van der Waals surface area contributed by atoms with Crippen LogP contribution in [0.15, 0.2) is 21.9 Å². The van der Waals surface area contributed by atoms with Gasteiger partial charge < -0.3 is 14.8 Å². The maximum absolute atomic E-state index is 12.4. The molecule has 0 aliphatic rings. The number of aromatic nitrogens is 1. The summed E-state index contributed by atoms with van der Waals surface area (Å²) in [5.74, 6) is -1.15. The van der Waals surface area contributed by atoms with Gasteiger partial charge in [0.15, 0.2) is 6.04 Å². The van der Waals surface area contributed by atoms with E-state index in [0.717, 1.165) is 4.88 Å². The normalized spacial score (nSPS) is 12.1. The largest absolute Gasteiger partial charge is 0.480 e. The Kier molecular flexibility index (Phi) is 4.69. The summed E-state index contributed by atoms with van der Waals surface area (Å²) in [7, 11) is 0. The molecule has 0 aliphatic carbocycles. The second kappa shape index (κ2) is 6.49. The first-order valence-corrected chi connectivity index (χ1v) is 6.97. The Bertz CT molecular complexity index is 639. The van der Waals surface area contributed by atoms with Crippen molar-refractivity contribution in [2.45, 2.75) is 19.4 Å². The highest BCUT2D eigenvalue weighted by Crippen LogP contribution is 2.25. The number of carboxylic acids is 1. The van der Waals surface area contributed by atoms with E-state index in [2.05, 4.69) is 10.3 Å². The molecular weight excluding hydrogens is 299 g/mol. The van der Waals surface area contributed by atoms with Crippen molar-refractivity contribution < 1.29 is 23.5 Å². The summed E-state index contributed by atoms with van der Waals surface area (Å²) in [4.78, 5) is 27.4. The molecule has 0 saturated carbocycles. The molecule has 2 N–H and O–H groups in total. The summed E-state index contributed by atoms with van der Waals surface area (Å²) in [6.45, 7) is 0.496. The molecule has 0 fully saturated rings. The zero-order chi connectivity index (χ0) is 15.4. The number of halogens is 1. The van der Waals surface area contributed by atoms with Crippen molar-refractivity contribution in [3.8, 4) is 10.8 Å². The van der Waals surface area contributed by atoms with Crippen LogP contribution < -0.4 is 5.32 Å². The molecule has 112 valence electrons. The molecule has 0 bridgehead atoms. The Labute approximate surface area is 123 Å². The number of carboxylic acid groups (broad SMARTS) is 1. The minimum Gasteiger partial charge on any atom is -0.480 e. The molecule has 0 spiro atoms. The van der Waals surface area contributed by atoms with Gasteiger partial charge in [0.2, 0.25) is 11.8 Å². The standard InChI is InChI=1S/C13H13FN2O4S/c1-7-8(5-11(17)15-9(6-14)13(18)19)16-12(20-7)10-3-2-4-21-10/h2-4,9H,5-6H2,1H3,(H,15,17)(H,18,19). The van der Waals surface area contributed by atoms with Crippen LogP contribution in [0.25, 0.3) is 10.8 Å². The Morgan fingerprint density at radius 2 is 2.33 bits per heavy atom. The van der Waals surface area contributed by atoms with Gasteiger partial charge in [-0.15, -0.1) is 11.3 Å². The number of carbonyl (C=O) groups is 2. The van der Waals surface area contributed by atoms with E-state index in [4.69, 9.17) is 9.52 Å². The van der Waals surface area contributed by atoms with Crippen LogP contribution in [0, 0.1) is 6.92 Å². The summed E-state index contributed by atoms with van der Waals surface area (Å²) in [6, 6.07) is 2.15. The van der Waals surface area contributed by atoms with E-state index in [9.17, 15) is 14.0 Å². The molecule has 21 heavy (non-hydrogen) atoms.